The number of halogens is 4. The van der Waals surface area contributed by atoms with Crippen molar-refractivity contribution in [3.63, 3.8) is 0 Å². The second-order valence-electron chi connectivity index (χ2n) is 39.3. The number of aromatic nitrogens is 14. The second-order valence-corrected chi connectivity index (χ2v) is 39.3. The fourth-order valence-electron chi connectivity index (χ4n) is 22.3. The molecule has 38 heteroatoms. The average molecular weight is 1970 g/mol. The lowest BCUT2D eigenvalue weighted by Crippen LogP contribution is -2.42. The van der Waals surface area contributed by atoms with E-state index in [4.69, 9.17) is 24.4 Å². The third kappa shape index (κ3) is 17.7. The molecule has 14 aromatic heterocycles. The van der Waals surface area contributed by atoms with Gasteiger partial charge in [0.2, 0.25) is 0 Å². The zero-order chi connectivity index (χ0) is 99.2. The molecule has 1 aliphatic carbocycles. The normalized spacial score (nSPS) is 19.3. The Morgan fingerprint density at radius 1 is 0.445 bits per heavy atom. The Morgan fingerprint density at radius 3 is 1.45 bits per heavy atom. The number of rotatable bonds is 21. The minimum atomic E-state index is -0.364. The van der Waals surface area contributed by atoms with E-state index in [2.05, 4.69) is 120 Å². The van der Waals surface area contributed by atoms with Crippen molar-refractivity contribution in [1.82, 2.24) is 104 Å². The van der Waals surface area contributed by atoms with Crippen molar-refractivity contribution in [1.29, 1.82) is 0 Å². The van der Waals surface area contributed by atoms with E-state index in [0.29, 0.717) is 176 Å². The van der Waals surface area contributed by atoms with Crippen molar-refractivity contribution in [2.75, 3.05) is 122 Å². The summed E-state index contributed by atoms with van der Waals surface area (Å²) in [6, 6.07) is 37.6. The Bertz CT molecular complexity index is 7640. The van der Waals surface area contributed by atoms with E-state index in [9.17, 15) is 36.7 Å². The first-order chi connectivity index (χ1) is 71.3. The minimum absolute atomic E-state index is 0.133. The molecule has 27 rings (SSSR count). The van der Waals surface area contributed by atoms with Gasteiger partial charge in [0, 0.05) is 169 Å². The number of hydrogen-bond acceptors (Lipinski definition) is 26. The van der Waals surface area contributed by atoms with Gasteiger partial charge in [0.1, 0.15) is 57.8 Å². The quantitative estimate of drug-likeness (QED) is 0.0299. The van der Waals surface area contributed by atoms with Crippen LogP contribution in [0.2, 0.25) is 0 Å². The predicted molar refractivity (Wildman–Crippen MR) is 546 cm³/mol. The zero-order valence-electron chi connectivity index (χ0n) is 80.7. The third-order valence-corrected chi connectivity index (χ3v) is 29.9. The lowest BCUT2D eigenvalue weighted by molar-refractivity contribution is 0.0330. The number of aryl methyl sites for hydroxylation is 2. The van der Waals surface area contributed by atoms with Gasteiger partial charge in [-0.25, -0.2) is 57.4 Å². The maximum atomic E-state index is 14.6. The first-order valence-corrected chi connectivity index (χ1v) is 49.8. The summed E-state index contributed by atoms with van der Waals surface area (Å²) in [6.07, 6.45) is 27.4. The molecule has 4 amide bonds. The molecule has 1 saturated carbocycles. The lowest BCUT2D eigenvalue weighted by Gasteiger charge is -2.34. The zero-order valence-corrected chi connectivity index (χ0v) is 80.7. The Morgan fingerprint density at radius 2 is 0.938 bits per heavy atom. The molecule has 10 aliphatic heterocycles. The highest BCUT2D eigenvalue weighted by molar-refractivity contribution is 6.09. The minimum Gasteiger partial charge on any atom is -0.381 e. The largest absolute Gasteiger partial charge is 0.381 e. The maximum absolute atomic E-state index is 14.6. The van der Waals surface area contributed by atoms with Crippen molar-refractivity contribution in [2.24, 2.45) is 17.8 Å². The molecule has 0 spiro atoms. The molecule has 24 heterocycles. The Balaban J connectivity index is 0.000000104. The van der Waals surface area contributed by atoms with Crippen LogP contribution in [0.25, 0.3) is 67.9 Å². The smallest absolute Gasteiger partial charge is 0.254 e. The molecular formula is C108H106F4N28O6. The number of ether oxygens (including phenoxy) is 2. The lowest BCUT2D eigenvalue weighted by atomic mass is 9.96. The molecule has 2 aromatic carbocycles. The summed E-state index contributed by atoms with van der Waals surface area (Å²) in [7, 11) is 4.06. The molecule has 0 bridgehead atoms. The van der Waals surface area contributed by atoms with Gasteiger partial charge in [0.25, 0.3) is 23.6 Å². The van der Waals surface area contributed by atoms with Crippen LogP contribution in [0.1, 0.15) is 137 Å². The van der Waals surface area contributed by atoms with E-state index in [1.54, 1.807) is 96.8 Å². The van der Waals surface area contributed by atoms with Gasteiger partial charge in [0.05, 0.1) is 153 Å². The van der Waals surface area contributed by atoms with E-state index in [0.717, 1.165) is 159 Å². The molecule has 34 nitrogen and oxygen atoms in total. The first-order valence-electron chi connectivity index (χ1n) is 49.8. The Labute approximate surface area is 836 Å². The van der Waals surface area contributed by atoms with E-state index >= 15 is 0 Å². The number of nitrogens with zero attached hydrogens (tertiary/aromatic N) is 18. The number of anilines is 11. The molecule has 7 fully saturated rings. The van der Waals surface area contributed by atoms with Crippen molar-refractivity contribution < 1.29 is 46.2 Å². The van der Waals surface area contributed by atoms with Gasteiger partial charge in [0.15, 0.2) is 22.9 Å². The number of morpholine rings is 1. The number of imidazole rings is 4. The van der Waals surface area contributed by atoms with Gasteiger partial charge in [-0.1, -0.05) is 43.2 Å². The summed E-state index contributed by atoms with van der Waals surface area (Å²) in [5.41, 5.74) is 19.8. The van der Waals surface area contributed by atoms with Crippen LogP contribution in [0.5, 0.6) is 0 Å². The summed E-state index contributed by atoms with van der Waals surface area (Å²) in [6.45, 7) is 15.7. The maximum Gasteiger partial charge on any atom is 0.254 e. The fraction of sp³-hybridized carbons (Fsp3) is 0.315. The van der Waals surface area contributed by atoms with Gasteiger partial charge < -0.3 is 82.2 Å². The van der Waals surface area contributed by atoms with Crippen LogP contribution in [-0.4, -0.2) is 200 Å². The summed E-state index contributed by atoms with van der Waals surface area (Å²) in [4.78, 5) is 107. The second kappa shape index (κ2) is 38.7. The van der Waals surface area contributed by atoms with Crippen LogP contribution >= 0.6 is 0 Å². The molecule has 10 N–H and O–H groups in total. The fourth-order valence-corrected chi connectivity index (χ4v) is 22.3. The molecule has 6 atom stereocenters. The molecule has 2 unspecified atom stereocenters. The van der Waals surface area contributed by atoms with Crippen LogP contribution in [0, 0.1) is 54.9 Å². The molecule has 6 saturated heterocycles. The number of pyridine rings is 10. The molecule has 146 heavy (non-hydrogen) atoms. The Hall–Kier alpha value is -15.9. The Kier molecular flexibility index (Phi) is 24.5. The predicted octanol–water partition coefficient (Wildman–Crippen LogP) is 15.1. The summed E-state index contributed by atoms with van der Waals surface area (Å²) in [5, 5.41) is 32.0. The number of carbonyl (C=O) groups excluding carboxylic acids is 4. The van der Waals surface area contributed by atoms with Gasteiger partial charge >= 0.3 is 0 Å². The standard InChI is InChI=1S/C29H29FN6O2.C27H27FN6O2.2C26H25FN8O/c30-19-9-10-36-25(16-32-27(36)13-19)22-6-7-24(28-23(22)15-33-29(28)37)34-26-8-4-20(14-31-26)35-11-12-38-21(17-35)5-3-18-1-2-18;1-33(2)14-22-18(16-8-10-36-15-16)4-6-24(32-22)31-21-5-3-19(20-12-30-27(35)26(20)21)23-13-29-25-11-17(28)7-9-34(23)25;2*1-14-5-7-35-19(13-30-25(35)23(14)27)24-16-10-31-26(36)22(16)17(11-29-24)32-20-3-2-4-21(33-20)34-8-6-15-9-28-12-18(15)34/h4,6-10,13-14,16,18,21H,1-3,5,11-12,15,17H2,(H,31,34)(H,33,37);3-7,9,11,13,16H,8,10,12,14-15H2,1-2H3,(H,30,35)(H,31,32);2*2-5,7,11,13,15,18,28H,6,8-10,12H2,1H3,(H,31,36)(H,32,33)/t21-;16-;15-,18+;/m111./s1. The van der Waals surface area contributed by atoms with Gasteiger partial charge in [-0.3, -0.25) is 46.7 Å². The van der Waals surface area contributed by atoms with Gasteiger partial charge in [-0.2, -0.15) is 0 Å². The van der Waals surface area contributed by atoms with Crippen LogP contribution < -0.4 is 67.9 Å². The number of fused-ring (bicyclic) bond motifs is 10. The number of benzene rings is 2. The highest BCUT2D eigenvalue weighted by Crippen LogP contribution is 2.44. The summed E-state index contributed by atoms with van der Waals surface area (Å²) in [5.74, 6) is 5.14. The van der Waals surface area contributed by atoms with Crippen LogP contribution in [-0.2, 0) is 42.2 Å². The molecule has 742 valence electrons. The highest BCUT2D eigenvalue weighted by Gasteiger charge is 2.42. The molecule has 16 aromatic rings. The van der Waals surface area contributed by atoms with Crippen molar-refractivity contribution in [2.45, 2.75) is 116 Å². The number of nitrogens with one attached hydrogen (secondary N) is 10. The monoisotopic (exact) mass is 1970 g/mol. The average Bonchev–Trinajstić information content (AvgIpc) is 1.60. The highest BCUT2D eigenvalue weighted by atomic mass is 19.1. The topological polar surface area (TPSA) is 367 Å². The first kappa shape index (κ1) is 92.5. The number of carbonyl (C=O) groups is 4. The van der Waals surface area contributed by atoms with Crippen molar-refractivity contribution in [3.05, 3.63) is 280 Å². The van der Waals surface area contributed by atoms with Gasteiger partial charge in [-0.15, -0.1) is 0 Å². The van der Waals surface area contributed by atoms with E-state index in [1.165, 1.54) is 61.9 Å². The van der Waals surface area contributed by atoms with Crippen molar-refractivity contribution >= 4 is 110 Å². The number of amides is 4. The summed E-state index contributed by atoms with van der Waals surface area (Å²) >= 11 is 0. The third-order valence-electron chi connectivity index (χ3n) is 29.9. The van der Waals surface area contributed by atoms with E-state index < -0.39 is 0 Å². The van der Waals surface area contributed by atoms with Crippen LogP contribution in [0.4, 0.5) is 80.9 Å². The SMILES string of the molecule is CN(C)Cc1nc(Nc2ccc(-c3cnc4cc(F)ccn34)c3c2C(=O)NC3)ccc1[C@@H]1CCOC1.Cc1ccn2c(-c3ncc(Nc4cccc(N5CCC6CNCC65)n4)c4c3CNC4=O)cnc2c1F.Cc1ccn2c(-c3ncc(Nc4cccc(N5CC[C@@H]6CNC[C@@H]65)n4)c4c3CNC4=O)cnc2c1F.O=C1NCc2c(-c3cnc4cc(F)ccn34)ccc(Nc3ccc(N4CCO[C@H](CCC5CC5)C4)cn3)c21. The van der Waals surface area contributed by atoms with E-state index in [1.807, 2.05) is 102 Å². The summed E-state index contributed by atoms with van der Waals surface area (Å²) < 4.78 is 75.1. The molecule has 0 radical (unpaired) electrons. The van der Waals surface area contributed by atoms with Crippen LogP contribution in [0.3, 0.4) is 0 Å². The van der Waals surface area contributed by atoms with Crippen molar-refractivity contribution in [3.8, 4) is 45.3 Å². The van der Waals surface area contributed by atoms with Crippen LogP contribution in [0.15, 0.2) is 189 Å². The molecular weight excluding hydrogens is 1860 g/mol. The van der Waals surface area contributed by atoms with Gasteiger partial charge in [-0.05, 0) is 184 Å². The van der Waals surface area contributed by atoms with E-state index in [-0.39, 0.29) is 64.3 Å². The molecule has 11 aliphatic rings. The number of hydrogen-bond donors (Lipinski definition) is 10.